The van der Waals surface area contributed by atoms with Gasteiger partial charge in [0.1, 0.15) is 0 Å². The summed E-state index contributed by atoms with van der Waals surface area (Å²) < 4.78 is 0. The van der Waals surface area contributed by atoms with E-state index < -0.39 is 0 Å². The van der Waals surface area contributed by atoms with Crippen LogP contribution in [0.4, 0.5) is 5.69 Å². The summed E-state index contributed by atoms with van der Waals surface area (Å²) in [5.41, 5.74) is 2.04. The summed E-state index contributed by atoms with van der Waals surface area (Å²) in [6, 6.07) is 7.92. The number of anilines is 1. The number of rotatable bonds is 3. The van der Waals surface area contributed by atoms with Crippen LogP contribution in [0.1, 0.15) is 12.0 Å². The molecule has 4 nitrogen and oxygen atoms in total. The van der Waals surface area contributed by atoms with Gasteiger partial charge in [0.05, 0.1) is 6.54 Å². The molecule has 2 saturated heterocycles. The highest BCUT2D eigenvalue weighted by Gasteiger charge is 2.33. The molecule has 21 heavy (non-hydrogen) atoms. The molecule has 0 radical (unpaired) electrons. The Hall–Kier alpha value is -1.10. The highest BCUT2D eigenvalue weighted by atomic mass is 35.5. The number of aryl methyl sites for hydroxylation is 1. The van der Waals surface area contributed by atoms with Crippen LogP contribution in [0.25, 0.3) is 0 Å². The molecule has 2 aliphatic rings. The van der Waals surface area contributed by atoms with Gasteiger partial charge in [0.2, 0.25) is 5.91 Å². The van der Waals surface area contributed by atoms with E-state index in [9.17, 15) is 4.79 Å². The molecule has 2 unspecified atom stereocenters. The van der Waals surface area contributed by atoms with Gasteiger partial charge in [-0.1, -0.05) is 18.2 Å². The number of nitrogens with one attached hydrogen (secondary N) is 2. The number of amides is 1. The van der Waals surface area contributed by atoms with E-state index >= 15 is 0 Å². The summed E-state index contributed by atoms with van der Waals surface area (Å²) in [4.78, 5) is 14.5. The van der Waals surface area contributed by atoms with Crippen LogP contribution in [-0.2, 0) is 4.79 Å². The zero-order valence-electron chi connectivity index (χ0n) is 12.5. The second-order valence-corrected chi connectivity index (χ2v) is 6.07. The SMILES string of the molecule is Cc1ccccc1NC(=O)CN1CCC2CNCC2C1.Cl. The van der Waals surface area contributed by atoms with Crippen LogP contribution < -0.4 is 10.6 Å². The van der Waals surface area contributed by atoms with Crippen molar-refractivity contribution in [2.75, 3.05) is 38.0 Å². The number of piperidine rings is 1. The monoisotopic (exact) mass is 309 g/mol. The van der Waals surface area contributed by atoms with Crippen molar-refractivity contribution in [3.05, 3.63) is 29.8 Å². The Kier molecular flexibility index (Phi) is 5.62. The van der Waals surface area contributed by atoms with Gasteiger partial charge >= 0.3 is 0 Å². The fourth-order valence-electron chi connectivity index (χ4n) is 3.36. The summed E-state index contributed by atoms with van der Waals surface area (Å²) in [6.45, 7) is 6.90. The Morgan fingerprint density at radius 2 is 2.10 bits per heavy atom. The first-order valence-corrected chi connectivity index (χ1v) is 7.51. The molecule has 1 aromatic rings. The van der Waals surface area contributed by atoms with Gasteiger partial charge in [-0.15, -0.1) is 12.4 Å². The number of carbonyl (C=O) groups excluding carboxylic acids is 1. The molecule has 2 fully saturated rings. The first-order valence-electron chi connectivity index (χ1n) is 7.51. The Bertz CT molecular complexity index is 494. The van der Waals surface area contributed by atoms with Gasteiger partial charge in [-0.3, -0.25) is 9.69 Å². The van der Waals surface area contributed by atoms with Crippen molar-refractivity contribution in [2.24, 2.45) is 11.8 Å². The number of fused-ring (bicyclic) bond motifs is 1. The third kappa shape index (κ3) is 3.96. The molecule has 2 aliphatic heterocycles. The lowest BCUT2D eigenvalue weighted by molar-refractivity contribution is -0.117. The van der Waals surface area contributed by atoms with Crippen LogP contribution in [0.2, 0.25) is 0 Å². The largest absolute Gasteiger partial charge is 0.325 e. The standard InChI is InChI=1S/C16H23N3O.ClH/c1-12-4-2-3-5-15(12)18-16(20)11-19-7-6-13-8-17-9-14(13)10-19;/h2-5,13-14,17H,6-11H2,1H3,(H,18,20);1H. The van der Waals surface area contributed by atoms with E-state index in [0.29, 0.717) is 6.54 Å². The third-order valence-electron chi connectivity index (χ3n) is 4.57. The summed E-state index contributed by atoms with van der Waals surface area (Å²) in [7, 11) is 0. The topological polar surface area (TPSA) is 44.4 Å². The highest BCUT2D eigenvalue weighted by molar-refractivity contribution is 5.92. The summed E-state index contributed by atoms with van der Waals surface area (Å²) in [5.74, 6) is 1.66. The zero-order valence-corrected chi connectivity index (χ0v) is 13.3. The molecule has 0 saturated carbocycles. The number of halogens is 1. The quantitative estimate of drug-likeness (QED) is 0.896. The van der Waals surface area contributed by atoms with E-state index in [1.54, 1.807) is 0 Å². The average Bonchev–Trinajstić information content (AvgIpc) is 2.89. The Morgan fingerprint density at radius 1 is 1.33 bits per heavy atom. The molecule has 116 valence electrons. The van der Waals surface area contributed by atoms with Gasteiger partial charge in [0.25, 0.3) is 0 Å². The van der Waals surface area contributed by atoms with Crippen molar-refractivity contribution in [1.29, 1.82) is 0 Å². The molecular formula is C16H24ClN3O. The second-order valence-electron chi connectivity index (χ2n) is 6.07. The maximum atomic E-state index is 12.2. The zero-order chi connectivity index (χ0) is 13.9. The molecule has 2 atom stereocenters. The number of hydrogen-bond acceptors (Lipinski definition) is 3. The van der Waals surface area contributed by atoms with Gasteiger partial charge in [0, 0.05) is 12.2 Å². The lowest BCUT2D eigenvalue weighted by atomic mass is 9.89. The van der Waals surface area contributed by atoms with E-state index in [0.717, 1.165) is 49.3 Å². The first-order chi connectivity index (χ1) is 9.72. The van der Waals surface area contributed by atoms with Gasteiger partial charge in [-0.2, -0.15) is 0 Å². The van der Waals surface area contributed by atoms with Gasteiger partial charge in [-0.05, 0) is 56.4 Å². The summed E-state index contributed by atoms with van der Waals surface area (Å²) in [6.07, 6.45) is 1.22. The number of benzene rings is 1. The Labute approximate surface area is 132 Å². The van der Waals surface area contributed by atoms with Gasteiger partial charge in [0.15, 0.2) is 0 Å². The molecule has 5 heteroatoms. The van der Waals surface area contributed by atoms with Crippen molar-refractivity contribution >= 4 is 24.0 Å². The van der Waals surface area contributed by atoms with Crippen molar-refractivity contribution in [2.45, 2.75) is 13.3 Å². The van der Waals surface area contributed by atoms with Crippen molar-refractivity contribution in [3.63, 3.8) is 0 Å². The number of carbonyl (C=O) groups is 1. The Morgan fingerprint density at radius 3 is 2.90 bits per heavy atom. The molecule has 1 amide bonds. The van der Waals surface area contributed by atoms with Crippen LogP contribution in [0.5, 0.6) is 0 Å². The number of hydrogen-bond donors (Lipinski definition) is 2. The summed E-state index contributed by atoms with van der Waals surface area (Å²) >= 11 is 0. The summed E-state index contributed by atoms with van der Waals surface area (Å²) in [5, 5.41) is 6.48. The minimum absolute atomic E-state index is 0. The molecule has 3 rings (SSSR count). The van der Waals surface area contributed by atoms with Gasteiger partial charge < -0.3 is 10.6 Å². The van der Waals surface area contributed by atoms with E-state index in [1.165, 1.54) is 6.42 Å². The van der Waals surface area contributed by atoms with Crippen molar-refractivity contribution in [3.8, 4) is 0 Å². The number of nitrogens with zero attached hydrogens (tertiary/aromatic N) is 1. The van der Waals surface area contributed by atoms with Gasteiger partial charge in [-0.25, -0.2) is 0 Å². The average molecular weight is 310 g/mol. The normalized spacial score (nSPS) is 25.0. The second kappa shape index (κ2) is 7.25. The minimum Gasteiger partial charge on any atom is -0.325 e. The van der Waals surface area contributed by atoms with Crippen LogP contribution in [0, 0.1) is 18.8 Å². The fraction of sp³-hybridized carbons (Fsp3) is 0.562. The number of likely N-dealkylation sites (tertiary alicyclic amines) is 1. The van der Waals surface area contributed by atoms with E-state index in [1.807, 2.05) is 31.2 Å². The van der Waals surface area contributed by atoms with E-state index in [2.05, 4.69) is 15.5 Å². The first kappa shape index (κ1) is 16.3. The maximum absolute atomic E-state index is 12.2. The van der Waals surface area contributed by atoms with Crippen LogP contribution in [0.15, 0.2) is 24.3 Å². The molecule has 1 aromatic carbocycles. The molecule has 0 bridgehead atoms. The maximum Gasteiger partial charge on any atom is 0.238 e. The smallest absolute Gasteiger partial charge is 0.238 e. The third-order valence-corrected chi connectivity index (χ3v) is 4.57. The molecule has 2 heterocycles. The molecular weight excluding hydrogens is 286 g/mol. The molecule has 0 aliphatic carbocycles. The highest BCUT2D eigenvalue weighted by Crippen LogP contribution is 2.26. The van der Waals surface area contributed by atoms with Crippen molar-refractivity contribution < 1.29 is 4.79 Å². The van der Waals surface area contributed by atoms with Crippen LogP contribution in [-0.4, -0.2) is 43.5 Å². The van der Waals surface area contributed by atoms with Crippen molar-refractivity contribution in [1.82, 2.24) is 10.2 Å². The fourth-order valence-corrected chi connectivity index (χ4v) is 3.36. The number of para-hydroxylation sites is 1. The van der Waals surface area contributed by atoms with Crippen LogP contribution >= 0.6 is 12.4 Å². The van der Waals surface area contributed by atoms with E-state index in [-0.39, 0.29) is 18.3 Å². The lowest BCUT2D eigenvalue weighted by Crippen LogP contribution is -2.43. The predicted octanol–water partition coefficient (Wildman–Crippen LogP) is 1.90. The molecule has 2 N–H and O–H groups in total. The molecule has 0 spiro atoms. The lowest BCUT2D eigenvalue weighted by Gasteiger charge is -2.33. The van der Waals surface area contributed by atoms with E-state index in [4.69, 9.17) is 0 Å². The van der Waals surface area contributed by atoms with Crippen LogP contribution in [0.3, 0.4) is 0 Å². The molecule has 0 aromatic heterocycles. The Balaban J connectivity index is 0.00000161. The minimum atomic E-state index is 0. The predicted molar refractivity (Wildman–Crippen MR) is 88.0 cm³/mol.